The monoisotopic (exact) mass is 380 g/mol. The number of carbonyl (C=O) groups is 1. The van der Waals surface area contributed by atoms with E-state index in [9.17, 15) is 4.79 Å². The molecule has 0 N–H and O–H groups in total. The van der Waals surface area contributed by atoms with Gasteiger partial charge in [-0.2, -0.15) is 5.10 Å². The Hall–Kier alpha value is -3.09. The first-order chi connectivity index (χ1) is 13.5. The smallest absolute Gasteiger partial charge is 0.254 e. The van der Waals surface area contributed by atoms with Crippen LogP contribution in [-0.4, -0.2) is 51.4 Å². The van der Waals surface area contributed by atoms with Crippen LogP contribution in [0.3, 0.4) is 0 Å². The second kappa shape index (κ2) is 7.14. The van der Waals surface area contributed by atoms with Gasteiger partial charge in [-0.05, 0) is 39.0 Å². The van der Waals surface area contributed by atoms with Crippen LogP contribution in [0.4, 0.5) is 0 Å². The molecule has 7 heteroatoms. The van der Waals surface area contributed by atoms with Crippen molar-refractivity contribution in [1.29, 1.82) is 0 Å². The molecular formula is C21H24N4O3. The SMILES string of the molecule is CCN(CC1COc2ccccc2O1)C(=O)c1cc(C)nc2c1c(C)nn2C. The predicted octanol–water partition coefficient (Wildman–Crippen LogP) is 2.89. The number of fused-ring (bicyclic) bond motifs is 2. The molecule has 1 aliphatic heterocycles. The zero-order chi connectivity index (χ0) is 19.8. The van der Waals surface area contributed by atoms with Crippen molar-refractivity contribution in [3.05, 3.63) is 47.3 Å². The van der Waals surface area contributed by atoms with E-state index in [2.05, 4.69) is 10.1 Å². The molecule has 7 nitrogen and oxygen atoms in total. The van der Waals surface area contributed by atoms with Crippen molar-refractivity contribution in [2.75, 3.05) is 19.7 Å². The van der Waals surface area contributed by atoms with E-state index in [4.69, 9.17) is 9.47 Å². The van der Waals surface area contributed by atoms with Gasteiger partial charge in [-0.3, -0.25) is 9.48 Å². The number of hydrogen-bond acceptors (Lipinski definition) is 5. The van der Waals surface area contributed by atoms with E-state index < -0.39 is 0 Å². The fraction of sp³-hybridized carbons (Fsp3) is 0.381. The molecule has 1 unspecified atom stereocenters. The first-order valence-electron chi connectivity index (χ1n) is 9.46. The normalized spacial score (nSPS) is 15.6. The largest absolute Gasteiger partial charge is 0.486 e. The van der Waals surface area contributed by atoms with E-state index in [1.165, 1.54) is 0 Å². The first kappa shape index (κ1) is 18.3. The molecule has 4 rings (SSSR count). The Balaban J connectivity index is 1.61. The third-order valence-electron chi connectivity index (χ3n) is 4.99. The molecule has 1 atom stereocenters. The molecule has 0 aliphatic carbocycles. The van der Waals surface area contributed by atoms with Crippen LogP contribution in [0, 0.1) is 13.8 Å². The second-order valence-electron chi connectivity index (χ2n) is 7.06. The number of rotatable bonds is 4. The summed E-state index contributed by atoms with van der Waals surface area (Å²) < 4.78 is 13.6. The Morgan fingerprint density at radius 2 is 2.04 bits per heavy atom. The van der Waals surface area contributed by atoms with E-state index in [-0.39, 0.29) is 12.0 Å². The lowest BCUT2D eigenvalue weighted by Crippen LogP contribution is -2.43. The minimum Gasteiger partial charge on any atom is -0.486 e. The molecule has 2 aromatic heterocycles. The molecule has 3 aromatic rings. The standard InChI is InChI=1S/C21H24N4O3/c1-5-25(11-15-12-27-17-8-6-7-9-18(17)28-15)21(26)16-10-13(2)22-20-19(16)14(3)23-24(20)4/h6-10,15H,5,11-12H2,1-4H3. The Labute approximate surface area is 163 Å². The predicted molar refractivity (Wildman–Crippen MR) is 106 cm³/mol. The number of ether oxygens (including phenoxy) is 2. The Morgan fingerprint density at radius 3 is 2.79 bits per heavy atom. The highest BCUT2D eigenvalue weighted by molar-refractivity contribution is 6.06. The molecular weight excluding hydrogens is 356 g/mol. The van der Waals surface area contributed by atoms with Crippen LogP contribution < -0.4 is 9.47 Å². The van der Waals surface area contributed by atoms with Gasteiger partial charge in [0.2, 0.25) is 0 Å². The van der Waals surface area contributed by atoms with Crippen molar-refractivity contribution >= 4 is 16.9 Å². The number of pyridine rings is 1. The van der Waals surface area contributed by atoms with Gasteiger partial charge in [0.25, 0.3) is 5.91 Å². The third-order valence-corrected chi connectivity index (χ3v) is 4.99. The van der Waals surface area contributed by atoms with Crippen molar-refractivity contribution < 1.29 is 14.3 Å². The number of amides is 1. The Kier molecular flexibility index (Phi) is 4.66. The van der Waals surface area contributed by atoms with Crippen molar-refractivity contribution in [2.24, 2.45) is 7.05 Å². The first-order valence-corrected chi connectivity index (χ1v) is 9.46. The van der Waals surface area contributed by atoms with Gasteiger partial charge in [0, 0.05) is 19.3 Å². The lowest BCUT2D eigenvalue weighted by atomic mass is 10.1. The maximum Gasteiger partial charge on any atom is 0.254 e. The van der Waals surface area contributed by atoms with Crippen LogP contribution in [0.25, 0.3) is 11.0 Å². The van der Waals surface area contributed by atoms with E-state index in [0.717, 1.165) is 28.2 Å². The topological polar surface area (TPSA) is 69.5 Å². The molecule has 1 amide bonds. The van der Waals surface area contributed by atoms with Crippen LogP contribution in [0.1, 0.15) is 28.7 Å². The zero-order valence-electron chi connectivity index (χ0n) is 16.6. The highest BCUT2D eigenvalue weighted by Gasteiger charge is 2.27. The van der Waals surface area contributed by atoms with Gasteiger partial charge in [-0.1, -0.05) is 12.1 Å². The average molecular weight is 380 g/mol. The molecule has 0 fully saturated rings. The Morgan fingerprint density at radius 1 is 1.29 bits per heavy atom. The minimum atomic E-state index is -0.216. The van der Waals surface area contributed by atoms with Crippen LogP contribution in [0.2, 0.25) is 0 Å². The van der Waals surface area contributed by atoms with Gasteiger partial charge in [-0.15, -0.1) is 0 Å². The van der Waals surface area contributed by atoms with Crippen molar-refractivity contribution in [1.82, 2.24) is 19.7 Å². The summed E-state index contributed by atoms with van der Waals surface area (Å²) in [5, 5.41) is 5.25. The van der Waals surface area contributed by atoms with Crippen molar-refractivity contribution in [3.8, 4) is 11.5 Å². The van der Waals surface area contributed by atoms with Crippen molar-refractivity contribution in [2.45, 2.75) is 26.9 Å². The summed E-state index contributed by atoms with van der Waals surface area (Å²) in [6.07, 6.45) is -0.216. The molecule has 0 saturated heterocycles. The molecule has 0 radical (unpaired) electrons. The number of aromatic nitrogens is 3. The lowest BCUT2D eigenvalue weighted by Gasteiger charge is -2.31. The number of para-hydroxylation sites is 2. The molecule has 28 heavy (non-hydrogen) atoms. The number of benzene rings is 1. The van der Waals surface area contributed by atoms with Gasteiger partial charge in [0.05, 0.1) is 23.2 Å². The number of nitrogens with zero attached hydrogens (tertiary/aromatic N) is 4. The molecule has 1 aliphatic rings. The van der Waals surface area contributed by atoms with Crippen LogP contribution in [-0.2, 0) is 7.05 Å². The molecule has 0 spiro atoms. The fourth-order valence-electron chi connectivity index (χ4n) is 3.66. The second-order valence-corrected chi connectivity index (χ2v) is 7.06. The number of likely N-dealkylation sites (N-methyl/N-ethyl adjacent to an activating group) is 1. The van der Waals surface area contributed by atoms with Crippen LogP contribution in [0.5, 0.6) is 11.5 Å². The highest BCUT2D eigenvalue weighted by atomic mass is 16.6. The zero-order valence-corrected chi connectivity index (χ0v) is 16.6. The number of carbonyl (C=O) groups excluding carboxylic acids is 1. The minimum absolute atomic E-state index is 0.0449. The molecule has 3 heterocycles. The Bertz CT molecular complexity index is 1040. The van der Waals surface area contributed by atoms with Crippen LogP contribution >= 0.6 is 0 Å². The molecule has 0 saturated carbocycles. The fourth-order valence-corrected chi connectivity index (χ4v) is 3.66. The quantitative estimate of drug-likeness (QED) is 0.696. The molecule has 146 valence electrons. The third kappa shape index (κ3) is 3.17. The molecule has 0 bridgehead atoms. The summed E-state index contributed by atoms with van der Waals surface area (Å²) in [6.45, 7) is 7.20. The maximum absolute atomic E-state index is 13.4. The summed E-state index contributed by atoms with van der Waals surface area (Å²) in [5.74, 6) is 1.41. The summed E-state index contributed by atoms with van der Waals surface area (Å²) in [7, 11) is 1.85. The van der Waals surface area contributed by atoms with E-state index in [1.54, 1.807) is 9.58 Å². The number of hydrogen-bond donors (Lipinski definition) is 0. The number of aryl methyl sites for hydroxylation is 3. The summed E-state index contributed by atoms with van der Waals surface area (Å²) in [6, 6.07) is 9.44. The van der Waals surface area contributed by atoms with E-state index in [0.29, 0.717) is 31.0 Å². The van der Waals surface area contributed by atoms with Crippen molar-refractivity contribution in [3.63, 3.8) is 0 Å². The highest BCUT2D eigenvalue weighted by Crippen LogP contribution is 2.31. The van der Waals surface area contributed by atoms with E-state index >= 15 is 0 Å². The van der Waals surface area contributed by atoms with Gasteiger partial charge >= 0.3 is 0 Å². The van der Waals surface area contributed by atoms with Crippen LogP contribution in [0.15, 0.2) is 30.3 Å². The average Bonchev–Trinajstić information content (AvgIpc) is 2.98. The lowest BCUT2D eigenvalue weighted by molar-refractivity contribution is 0.0476. The maximum atomic E-state index is 13.4. The summed E-state index contributed by atoms with van der Waals surface area (Å²) in [4.78, 5) is 19.7. The van der Waals surface area contributed by atoms with Gasteiger partial charge in [-0.25, -0.2) is 4.98 Å². The van der Waals surface area contributed by atoms with Gasteiger partial charge in [0.1, 0.15) is 6.61 Å². The summed E-state index contributed by atoms with van der Waals surface area (Å²) in [5.41, 5.74) is 2.95. The molecule has 1 aromatic carbocycles. The summed E-state index contributed by atoms with van der Waals surface area (Å²) >= 11 is 0. The van der Waals surface area contributed by atoms with E-state index in [1.807, 2.05) is 58.2 Å². The van der Waals surface area contributed by atoms with Gasteiger partial charge in [0.15, 0.2) is 23.3 Å². The van der Waals surface area contributed by atoms with Gasteiger partial charge < -0.3 is 14.4 Å².